The lowest BCUT2D eigenvalue weighted by atomic mass is 10.1. The summed E-state index contributed by atoms with van der Waals surface area (Å²) < 4.78 is 28.0. The first kappa shape index (κ1) is 20.1. The van der Waals surface area contributed by atoms with Gasteiger partial charge in [-0.25, -0.2) is 18.8 Å². The van der Waals surface area contributed by atoms with Crippen molar-refractivity contribution in [3.63, 3.8) is 0 Å². The molecule has 0 amide bonds. The summed E-state index contributed by atoms with van der Waals surface area (Å²) in [5.74, 6) is -3.27. The van der Waals surface area contributed by atoms with E-state index in [9.17, 15) is 18.8 Å². The summed E-state index contributed by atoms with van der Waals surface area (Å²) in [5, 5.41) is 2.59. The molecule has 1 rings (SSSR count). The van der Waals surface area contributed by atoms with Gasteiger partial charge in [0.25, 0.3) is 0 Å². The zero-order valence-corrected chi connectivity index (χ0v) is 14.6. The molecule has 0 aliphatic carbocycles. The van der Waals surface area contributed by atoms with Crippen LogP contribution in [0.1, 0.15) is 31.1 Å². The smallest absolute Gasteiger partial charge is 0.354 e. The van der Waals surface area contributed by atoms with Crippen molar-refractivity contribution < 1.29 is 33.0 Å². The molecule has 7 nitrogen and oxygen atoms in total. The van der Waals surface area contributed by atoms with Crippen molar-refractivity contribution in [3.05, 3.63) is 41.4 Å². The van der Waals surface area contributed by atoms with E-state index in [1.54, 1.807) is 20.8 Å². The van der Waals surface area contributed by atoms with Crippen LogP contribution in [0.3, 0.4) is 0 Å². The van der Waals surface area contributed by atoms with Gasteiger partial charge in [-0.2, -0.15) is 0 Å². The quantitative estimate of drug-likeness (QED) is 0.494. The van der Waals surface area contributed by atoms with E-state index >= 15 is 0 Å². The van der Waals surface area contributed by atoms with Crippen molar-refractivity contribution in [2.24, 2.45) is 0 Å². The number of halogens is 1. The van der Waals surface area contributed by atoms with Gasteiger partial charge in [0.15, 0.2) is 0 Å². The van der Waals surface area contributed by atoms with Crippen LogP contribution in [0.25, 0.3) is 0 Å². The van der Waals surface area contributed by atoms with Gasteiger partial charge in [-0.3, -0.25) is 0 Å². The van der Waals surface area contributed by atoms with Crippen LogP contribution < -0.4 is 5.32 Å². The predicted octanol–water partition coefficient (Wildman–Crippen LogP) is 2.42. The van der Waals surface area contributed by atoms with Crippen molar-refractivity contribution in [2.45, 2.75) is 26.4 Å². The van der Waals surface area contributed by atoms with E-state index in [2.05, 4.69) is 14.8 Å². The first-order chi connectivity index (χ1) is 11.6. The molecule has 0 fully saturated rings. The summed E-state index contributed by atoms with van der Waals surface area (Å²) in [4.78, 5) is 35.1. The monoisotopic (exact) mass is 353 g/mol. The SMILES string of the molecule is COC(=O)/C=C(/Nc1ccc(F)c(C(=O)OC(C)(C)C)c1)C(=O)OC. The summed E-state index contributed by atoms with van der Waals surface area (Å²) in [7, 11) is 2.28. The Morgan fingerprint density at radius 1 is 1.12 bits per heavy atom. The Bertz CT molecular complexity index is 706. The highest BCUT2D eigenvalue weighted by Crippen LogP contribution is 2.20. The molecule has 0 saturated heterocycles. The van der Waals surface area contributed by atoms with Gasteiger partial charge in [-0.05, 0) is 39.0 Å². The second kappa shape index (κ2) is 8.27. The van der Waals surface area contributed by atoms with Gasteiger partial charge in [-0.15, -0.1) is 0 Å². The third-order valence-electron chi connectivity index (χ3n) is 2.73. The van der Waals surface area contributed by atoms with Crippen LogP contribution in [0, 0.1) is 5.82 Å². The maximum Gasteiger partial charge on any atom is 0.354 e. The van der Waals surface area contributed by atoms with Crippen LogP contribution in [-0.4, -0.2) is 37.7 Å². The zero-order valence-electron chi connectivity index (χ0n) is 14.6. The highest BCUT2D eigenvalue weighted by atomic mass is 19.1. The minimum Gasteiger partial charge on any atom is -0.466 e. The molecule has 0 aliphatic heterocycles. The number of esters is 3. The van der Waals surface area contributed by atoms with E-state index in [-0.39, 0.29) is 16.9 Å². The number of hydrogen-bond acceptors (Lipinski definition) is 7. The molecule has 0 saturated carbocycles. The Kier molecular flexibility index (Phi) is 6.67. The van der Waals surface area contributed by atoms with E-state index in [0.717, 1.165) is 32.4 Å². The van der Waals surface area contributed by atoms with Crippen molar-refractivity contribution >= 4 is 23.6 Å². The molecule has 0 unspecified atom stereocenters. The lowest BCUT2D eigenvalue weighted by Crippen LogP contribution is -2.24. The van der Waals surface area contributed by atoms with Crippen LogP contribution in [0.4, 0.5) is 10.1 Å². The number of ether oxygens (including phenoxy) is 3. The molecule has 0 atom stereocenters. The summed E-state index contributed by atoms with van der Waals surface area (Å²) in [6, 6.07) is 3.49. The maximum atomic E-state index is 13.9. The Hall–Kier alpha value is -2.90. The number of benzene rings is 1. The molecule has 8 heteroatoms. The first-order valence-electron chi connectivity index (χ1n) is 7.25. The van der Waals surface area contributed by atoms with Gasteiger partial charge >= 0.3 is 17.9 Å². The van der Waals surface area contributed by atoms with Crippen LogP contribution in [0.5, 0.6) is 0 Å². The Morgan fingerprint density at radius 2 is 1.76 bits per heavy atom. The normalized spacial score (nSPS) is 11.5. The number of carbonyl (C=O) groups is 3. The van der Waals surface area contributed by atoms with Crippen molar-refractivity contribution in [1.29, 1.82) is 0 Å². The maximum absolute atomic E-state index is 13.9. The van der Waals surface area contributed by atoms with Crippen LogP contribution >= 0.6 is 0 Å². The molecule has 1 aromatic carbocycles. The number of hydrogen-bond donors (Lipinski definition) is 1. The first-order valence-corrected chi connectivity index (χ1v) is 7.25. The lowest BCUT2D eigenvalue weighted by Gasteiger charge is -2.20. The minimum absolute atomic E-state index is 0.183. The molecule has 0 radical (unpaired) electrons. The molecule has 0 aliphatic rings. The molecule has 0 bridgehead atoms. The van der Waals surface area contributed by atoms with E-state index in [0.29, 0.717) is 0 Å². The van der Waals surface area contributed by atoms with Crippen LogP contribution in [0.2, 0.25) is 0 Å². The molecular weight excluding hydrogens is 333 g/mol. The van der Waals surface area contributed by atoms with E-state index < -0.39 is 29.3 Å². The van der Waals surface area contributed by atoms with Gasteiger partial charge in [-0.1, -0.05) is 0 Å². The second-order valence-electron chi connectivity index (χ2n) is 5.89. The molecule has 25 heavy (non-hydrogen) atoms. The molecule has 0 heterocycles. The number of methoxy groups -OCH3 is 2. The van der Waals surface area contributed by atoms with Gasteiger partial charge in [0.05, 0.1) is 25.9 Å². The number of nitrogens with one attached hydrogen (secondary N) is 1. The number of anilines is 1. The van der Waals surface area contributed by atoms with Crippen molar-refractivity contribution in [2.75, 3.05) is 19.5 Å². The number of rotatable bonds is 5. The van der Waals surface area contributed by atoms with Gasteiger partial charge in [0.1, 0.15) is 17.1 Å². The fourth-order valence-corrected chi connectivity index (χ4v) is 1.68. The standard InChI is InChI=1S/C17H20FNO6/c1-17(2,3)25-15(21)11-8-10(6-7-12(11)18)19-13(16(22)24-5)9-14(20)23-4/h6-9,19H,1-5H3/b13-9+. The minimum atomic E-state index is -0.856. The van der Waals surface area contributed by atoms with Crippen LogP contribution in [-0.2, 0) is 23.8 Å². The summed E-state index contributed by atoms with van der Waals surface area (Å²) in [5.41, 5.74) is -1.17. The van der Waals surface area contributed by atoms with Crippen molar-refractivity contribution in [3.8, 4) is 0 Å². The third kappa shape index (κ3) is 6.25. The largest absolute Gasteiger partial charge is 0.466 e. The average molecular weight is 353 g/mol. The lowest BCUT2D eigenvalue weighted by molar-refractivity contribution is -0.138. The molecular formula is C17H20FNO6. The summed E-state index contributed by atoms with van der Waals surface area (Å²) in [6.07, 6.45) is 0.877. The Balaban J connectivity index is 3.15. The highest BCUT2D eigenvalue weighted by molar-refractivity contribution is 5.99. The molecule has 1 aromatic rings. The second-order valence-corrected chi connectivity index (χ2v) is 5.89. The van der Waals surface area contributed by atoms with Crippen molar-refractivity contribution in [1.82, 2.24) is 0 Å². The highest BCUT2D eigenvalue weighted by Gasteiger charge is 2.22. The molecule has 136 valence electrons. The summed E-state index contributed by atoms with van der Waals surface area (Å²) in [6.45, 7) is 4.96. The molecule has 0 aromatic heterocycles. The van der Waals surface area contributed by atoms with Crippen LogP contribution in [0.15, 0.2) is 30.0 Å². The summed E-state index contributed by atoms with van der Waals surface area (Å²) >= 11 is 0. The molecule has 1 N–H and O–H groups in total. The Morgan fingerprint density at radius 3 is 2.28 bits per heavy atom. The van der Waals surface area contributed by atoms with Gasteiger partial charge in [0.2, 0.25) is 0 Å². The Labute approximate surface area is 144 Å². The predicted molar refractivity (Wildman–Crippen MR) is 87.3 cm³/mol. The van der Waals surface area contributed by atoms with Gasteiger partial charge in [0, 0.05) is 5.69 Å². The number of carbonyl (C=O) groups excluding carboxylic acids is 3. The topological polar surface area (TPSA) is 90.9 Å². The fraction of sp³-hybridized carbons (Fsp3) is 0.353. The average Bonchev–Trinajstić information content (AvgIpc) is 2.53. The molecule has 0 spiro atoms. The fourth-order valence-electron chi connectivity index (χ4n) is 1.68. The van der Waals surface area contributed by atoms with E-state index in [4.69, 9.17) is 4.74 Å². The van der Waals surface area contributed by atoms with Gasteiger partial charge < -0.3 is 19.5 Å². The third-order valence-corrected chi connectivity index (χ3v) is 2.73. The zero-order chi connectivity index (χ0) is 19.2. The van der Waals surface area contributed by atoms with E-state index in [1.165, 1.54) is 6.07 Å². The van der Waals surface area contributed by atoms with E-state index in [1.807, 2.05) is 0 Å².